The summed E-state index contributed by atoms with van der Waals surface area (Å²) < 4.78 is 49.6. The first kappa shape index (κ1) is 12.3. The average molecular weight is 300 g/mol. The highest BCUT2D eigenvalue weighted by Crippen LogP contribution is 2.37. The van der Waals surface area contributed by atoms with Crippen molar-refractivity contribution < 1.29 is 17.6 Å². The number of isothiocyanates is 1. The van der Waals surface area contributed by atoms with Gasteiger partial charge in [0.15, 0.2) is 0 Å². The summed E-state index contributed by atoms with van der Waals surface area (Å²) in [5.74, 6) is -1.09. The van der Waals surface area contributed by atoms with E-state index in [1.54, 1.807) is 0 Å². The van der Waals surface area contributed by atoms with Crippen molar-refractivity contribution in [2.24, 2.45) is 4.99 Å². The molecule has 0 radical (unpaired) electrons. The number of aliphatic imine (C=N–C) groups is 1. The Morgan fingerprint density at radius 1 is 1.33 bits per heavy atom. The van der Waals surface area contributed by atoms with E-state index < -0.39 is 17.6 Å². The van der Waals surface area contributed by atoms with Crippen molar-refractivity contribution in [2.45, 2.75) is 6.18 Å². The van der Waals surface area contributed by atoms with Gasteiger partial charge < -0.3 is 0 Å². The van der Waals surface area contributed by atoms with Gasteiger partial charge in [0.2, 0.25) is 0 Å². The lowest BCUT2D eigenvalue weighted by molar-refractivity contribution is -0.138. The zero-order valence-corrected chi connectivity index (χ0v) is 9.30. The fourth-order valence-electron chi connectivity index (χ4n) is 0.888. The van der Waals surface area contributed by atoms with Crippen molar-refractivity contribution in [3.05, 3.63) is 28.0 Å². The van der Waals surface area contributed by atoms with Gasteiger partial charge in [-0.25, -0.2) is 4.39 Å². The minimum Gasteiger partial charge on any atom is -0.205 e. The van der Waals surface area contributed by atoms with Crippen molar-refractivity contribution in [3.8, 4) is 0 Å². The van der Waals surface area contributed by atoms with Gasteiger partial charge in [0.25, 0.3) is 0 Å². The normalized spacial score (nSPS) is 11.0. The maximum atomic E-state index is 13.0. The molecule has 1 rings (SSSR count). The Balaban J connectivity index is 3.38. The first-order valence-corrected chi connectivity index (χ1v) is 4.70. The molecule has 1 nitrogen and oxygen atoms in total. The summed E-state index contributed by atoms with van der Waals surface area (Å²) in [5, 5.41) is 1.88. The molecule has 0 aromatic heterocycles. The van der Waals surface area contributed by atoms with E-state index in [-0.39, 0.29) is 10.2 Å². The van der Waals surface area contributed by atoms with Crippen molar-refractivity contribution in [1.29, 1.82) is 0 Å². The molecule has 80 valence electrons. The molecular formula is C8H2BrF4NS. The summed E-state index contributed by atoms with van der Waals surface area (Å²) in [4.78, 5) is 3.28. The monoisotopic (exact) mass is 299 g/mol. The summed E-state index contributed by atoms with van der Waals surface area (Å²) in [7, 11) is 0. The fourth-order valence-corrected chi connectivity index (χ4v) is 1.54. The molecule has 0 unspecified atom stereocenters. The number of hydrogen-bond acceptors (Lipinski definition) is 2. The Labute approximate surface area is 95.9 Å². The summed E-state index contributed by atoms with van der Waals surface area (Å²) in [6.45, 7) is 0. The second-order valence-electron chi connectivity index (χ2n) is 2.48. The zero-order valence-electron chi connectivity index (χ0n) is 6.90. The van der Waals surface area contributed by atoms with Crippen molar-refractivity contribution in [3.63, 3.8) is 0 Å². The molecule has 7 heteroatoms. The maximum Gasteiger partial charge on any atom is 0.417 e. The molecule has 15 heavy (non-hydrogen) atoms. The van der Waals surface area contributed by atoms with Crippen LogP contribution in [0.1, 0.15) is 5.56 Å². The standard InChI is InChI=1S/C8H2BrF4NS/c9-5-2-7(14-3-15)6(10)1-4(5)8(11,12)13/h1-2H. The summed E-state index contributed by atoms with van der Waals surface area (Å²) in [5.41, 5.74) is -1.38. The summed E-state index contributed by atoms with van der Waals surface area (Å²) in [6.07, 6.45) is -4.61. The molecule has 0 aliphatic heterocycles. The SMILES string of the molecule is Fc1cc(C(F)(F)F)c(Br)cc1N=C=S. The van der Waals surface area contributed by atoms with E-state index in [0.717, 1.165) is 6.07 Å². The third kappa shape index (κ3) is 2.84. The van der Waals surface area contributed by atoms with Crippen LogP contribution in [0, 0.1) is 5.82 Å². The molecule has 0 saturated heterocycles. The Morgan fingerprint density at radius 3 is 2.40 bits per heavy atom. The second kappa shape index (κ2) is 4.38. The largest absolute Gasteiger partial charge is 0.417 e. The second-order valence-corrected chi connectivity index (χ2v) is 3.52. The van der Waals surface area contributed by atoms with Crippen LogP contribution in [0.25, 0.3) is 0 Å². The average Bonchev–Trinajstić information content (AvgIpc) is 2.09. The molecule has 0 N–H and O–H groups in total. The molecule has 0 atom stereocenters. The number of benzene rings is 1. The van der Waals surface area contributed by atoms with E-state index in [1.807, 2.05) is 5.16 Å². The van der Waals surface area contributed by atoms with Crippen LogP contribution in [0.15, 0.2) is 21.6 Å². The van der Waals surface area contributed by atoms with Crippen LogP contribution in [-0.4, -0.2) is 5.16 Å². The van der Waals surface area contributed by atoms with Crippen LogP contribution in [0.5, 0.6) is 0 Å². The summed E-state index contributed by atoms with van der Waals surface area (Å²) >= 11 is 6.90. The van der Waals surface area contributed by atoms with Crippen LogP contribution in [0.4, 0.5) is 23.2 Å². The third-order valence-corrected chi connectivity index (χ3v) is 2.26. The summed E-state index contributed by atoms with van der Waals surface area (Å²) in [6, 6.07) is 1.26. The van der Waals surface area contributed by atoms with E-state index in [2.05, 4.69) is 33.1 Å². The maximum absolute atomic E-state index is 13.0. The lowest BCUT2D eigenvalue weighted by Crippen LogP contribution is -2.06. The number of nitrogens with zero attached hydrogens (tertiary/aromatic N) is 1. The van der Waals surface area contributed by atoms with Gasteiger partial charge in [0.1, 0.15) is 11.5 Å². The van der Waals surface area contributed by atoms with E-state index in [1.165, 1.54) is 0 Å². The highest BCUT2D eigenvalue weighted by atomic mass is 79.9. The number of rotatable bonds is 1. The lowest BCUT2D eigenvalue weighted by Gasteiger charge is -2.09. The molecule has 0 saturated carbocycles. The lowest BCUT2D eigenvalue weighted by atomic mass is 10.2. The molecule has 0 spiro atoms. The highest BCUT2D eigenvalue weighted by Gasteiger charge is 2.34. The number of thiocarbonyl (C=S) groups is 1. The van der Waals surface area contributed by atoms with Gasteiger partial charge in [-0.2, -0.15) is 18.2 Å². The van der Waals surface area contributed by atoms with Crippen molar-refractivity contribution in [2.75, 3.05) is 0 Å². The van der Waals surface area contributed by atoms with E-state index in [9.17, 15) is 17.6 Å². The fraction of sp³-hybridized carbons (Fsp3) is 0.125. The molecule has 0 aliphatic carbocycles. The Morgan fingerprint density at radius 2 is 1.93 bits per heavy atom. The third-order valence-electron chi connectivity index (χ3n) is 1.51. The molecule has 1 aromatic rings. The van der Waals surface area contributed by atoms with Crippen LogP contribution in [-0.2, 0) is 6.18 Å². The molecule has 0 amide bonds. The predicted molar refractivity (Wildman–Crippen MR) is 53.8 cm³/mol. The van der Waals surface area contributed by atoms with Crippen LogP contribution in [0.3, 0.4) is 0 Å². The first-order chi connectivity index (χ1) is 6.86. The van der Waals surface area contributed by atoms with Crippen LogP contribution in [0.2, 0.25) is 0 Å². The van der Waals surface area contributed by atoms with E-state index >= 15 is 0 Å². The zero-order chi connectivity index (χ0) is 11.6. The molecule has 0 heterocycles. The van der Waals surface area contributed by atoms with E-state index in [4.69, 9.17) is 0 Å². The molecule has 1 aromatic carbocycles. The minimum atomic E-state index is -4.61. The number of halogens is 5. The van der Waals surface area contributed by atoms with Crippen LogP contribution < -0.4 is 0 Å². The van der Waals surface area contributed by atoms with Gasteiger partial charge in [0, 0.05) is 4.47 Å². The van der Waals surface area contributed by atoms with Gasteiger partial charge in [0.05, 0.1) is 10.7 Å². The molecule has 0 bridgehead atoms. The van der Waals surface area contributed by atoms with Crippen molar-refractivity contribution in [1.82, 2.24) is 0 Å². The molecular weight excluding hydrogens is 298 g/mol. The number of hydrogen-bond donors (Lipinski definition) is 0. The topological polar surface area (TPSA) is 12.4 Å². The van der Waals surface area contributed by atoms with E-state index in [0.29, 0.717) is 6.07 Å². The quantitative estimate of drug-likeness (QED) is 0.427. The molecule has 0 fully saturated rings. The predicted octanol–water partition coefficient (Wildman–Crippen LogP) is 4.34. The van der Waals surface area contributed by atoms with Crippen molar-refractivity contribution >= 4 is 39.0 Å². The highest BCUT2D eigenvalue weighted by molar-refractivity contribution is 9.10. The Hall–Kier alpha value is -0.780. The van der Waals surface area contributed by atoms with Gasteiger partial charge in [-0.3, -0.25) is 0 Å². The smallest absolute Gasteiger partial charge is 0.205 e. The first-order valence-electron chi connectivity index (χ1n) is 3.50. The van der Waals surface area contributed by atoms with Gasteiger partial charge in [-0.15, -0.1) is 0 Å². The minimum absolute atomic E-state index is 0.287. The van der Waals surface area contributed by atoms with Gasteiger partial charge in [-0.05, 0) is 24.4 Å². The van der Waals surface area contributed by atoms with Gasteiger partial charge >= 0.3 is 6.18 Å². The van der Waals surface area contributed by atoms with Crippen LogP contribution >= 0.6 is 28.1 Å². The number of alkyl halides is 3. The molecule has 0 aliphatic rings. The van der Waals surface area contributed by atoms with Gasteiger partial charge in [-0.1, -0.05) is 15.9 Å². The Kier molecular flexibility index (Phi) is 3.59. The Bertz CT molecular complexity index is 437.